The van der Waals surface area contributed by atoms with E-state index in [1.807, 2.05) is 0 Å². The number of rotatable bonds is 4. The molecule has 1 aliphatic heterocycles. The molecule has 1 aromatic carbocycles. The van der Waals surface area contributed by atoms with Gasteiger partial charge >= 0.3 is 0 Å². The summed E-state index contributed by atoms with van der Waals surface area (Å²) in [5, 5.41) is 3.34. The zero-order chi connectivity index (χ0) is 15.7. The van der Waals surface area contributed by atoms with Crippen molar-refractivity contribution in [3.63, 3.8) is 0 Å². The van der Waals surface area contributed by atoms with Crippen molar-refractivity contribution in [3.8, 4) is 0 Å². The molecule has 0 saturated carbocycles. The van der Waals surface area contributed by atoms with E-state index in [0.29, 0.717) is 0 Å². The van der Waals surface area contributed by atoms with Crippen LogP contribution in [-0.4, -0.2) is 27.5 Å². The fourth-order valence-corrected chi connectivity index (χ4v) is 4.13. The van der Waals surface area contributed by atoms with Crippen LogP contribution in [0.4, 0.5) is 4.39 Å². The molecule has 1 fully saturated rings. The molecule has 2 N–H and O–H groups in total. The first-order valence-corrected chi connectivity index (χ1v) is 8.76. The van der Waals surface area contributed by atoms with Crippen molar-refractivity contribution in [2.45, 2.75) is 37.6 Å². The van der Waals surface area contributed by atoms with Gasteiger partial charge in [0.15, 0.2) is 0 Å². The average molecular weight is 371 g/mol. The van der Waals surface area contributed by atoms with Crippen molar-refractivity contribution in [2.24, 2.45) is 5.41 Å². The normalized spacial score (nSPS) is 21.2. The second kappa shape index (κ2) is 7.45. The third-order valence-electron chi connectivity index (χ3n) is 3.99. The molecule has 2 rings (SSSR count). The molecule has 0 aromatic heterocycles. The van der Waals surface area contributed by atoms with E-state index in [4.69, 9.17) is 11.6 Å². The van der Waals surface area contributed by atoms with Crippen molar-refractivity contribution in [3.05, 3.63) is 29.0 Å². The van der Waals surface area contributed by atoms with E-state index in [9.17, 15) is 12.8 Å². The lowest BCUT2D eigenvalue weighted by atomic mass is 9.78. The van der Waals surface area contributed by atoms with Gasteiger partial charge in [-0.05, 0) is 43.0 Å². The minimum atomic E-state index is -3.82. The maximum atomic E-state index is 13.2. The third-order valence-corrected chi connectivity index (χ3v) is 5.90. The second-order valence-electron chi connectivity index (χ2n) is 6.03. The molecule has 0 aliphatic carbocycles. The summed E-state index contributed by atoms with van der Waals surface area (Å²) in [4.78, 5) is -0.224. The van der Waals surface area contributed by atoms with Gasteiger partial charge in [0, 0.05) is 12.6 Å². The smallest absolute Gasteiger partial charge is 0.242 e. The maximum absolute atomic E-state index is 13.2. The molecule has 1 atom stereocenters. The number of hydrogen-bond acceptors (Lipinski definition) is 3. The first-order valence-electron chi connectivity index (χ1n) is 6.90. The first-order chi connectivity index (χ1) is 9.72. The van der Waals surface area contributed by atoms with Crippen LogP contribution in [0.1, 0.15) is 26.7 Å². The maximum Gasteiger partial charge on any atom is 0.242 e. The van der Waals surface area contributed by atoms with Crippen molar-refractivity contribution in [1.82, 2.24) is 10.0 Å². The van der Waals surface area contributed by atoms with Crippen molar-refractivity contribution >= 4 is 34.0 Å². The summed E-state index contributed by atoms with van der Waals surface area (Å²) in [5.74, 6) is -0.629. The van der Waals surface area contributed by atoms with E-state index in [2.05, 4.69) is 23.9 Å². The molecule has 0 spiro atoms. The Labute approximate surface area is 142 Å². The van der Waals surface area contributed by atoms with Gasteiger partial charge in [-0.15, -0.1) is 12.4 Å². The molecular weight excluding hydrogens is 350 g/mol. The molecule has 1 aliphatic rings. The Hall–Kier alpha value is -0.400. The largest absolute Gasteiger partial charge is 0.312 e. The number of piperidine rings is 1. The molecule has 0 radical (unpaired) electrons. The minimum absolute atomic E-state index is 0. The van der Waals surface area contributed by atoms with Gasteiger partial charge in [-0.1, -0.05) is 25.4 Å². The van der Waals surface area contributed by atoms with Gasteiger partial charge in [-0.2, -0.15) is 0 Å². The summed E-state index contributed by atoms with van der Waals surface area (Å²) in [6, 6.07) is 3.35. The quantitative estimate of drug-likeness (QED) is 0.856. The molecule has 126 valence electrons. The van der Waals surface area contributed by atoms with E-state index >= 15 is 0 Å². The van der Waals surface area contributed by atoms with Gasteiger partial charge in [0.1, 0.15) is 10.7 Å². The second-order valence-corrected chi connectivity index (χ2v) is 8.17. The lowest BCUT2D eigenvalue weighted by Gasteiger charge is -2.39. The van der Waals surface area contributed by atoms with Gasteiger partial charge < -0.3 is 5.32 Å². The molecule has 1 heterocycles. The van der Waals surface area contributed by atoms with Gasteiger partial charge in [0.05, 0.1) is 5.02 Å². The lowest BCUT2D eigenvalue weighted by molar-refractivity contribution is 0.181. The highest BCUT2D eigenvalue weighted by molar-refractivity contribution is 7.89. The van der Waals surface area contributed by atoms with E-state index < -0.39 is 15.8 Å². The molecule has 1 unspecified atom stereocenters. The lowest BCUT2D eigenvalue weighted by Crippen LogP contribution is -2.52. The van der Waals surface area contributed by atoms with Crippen LogP contribution in [0.15, 0.2) is 23.1 Å². The number of halogens is 3. The number of benzene rings is 1. The van der Waals surface area contributed by atoms with Crippen LogP contribution < -0.4 is 10.0 Å². The summed E-state index contributed by atoms with van der Waals surface area (Å²) >= 11 is 5.86. The van der Waals surface area contributed by atoms with Crippen molar-refractivity contribution in [2.75, 3.05) is 13.1 Å². The Morgan fingerprint density at radius 2 is 2.14 bits per heavy atom. The standard InChI is InChI=1S/C14H20ClFN2O2S.ClH/c1-14(2)6-3-7-17-13(14)9-18-21(19,20)12-8-10(16)4-5-11(12)15;/h4-5,8,13,17-18H,3,6-7,9H2,1-2H3;1H. The third kappa shape index (κ3) is 4.55. The van der Waals surface area contributed by atoms with E-state index in [1.165, 1.54) is 6.07 Å². The van der Waals surface area contributed by atoms with Gasteiger partial charge in [0.2, 0.25) is 10.0 Å². The SMILES string of the molecule is CC1(C)CCCNC1CNS(=O)(=O)c1cc(F)ccc1Cl.Cl. The Balaban J connectivity index is 0.00000242. The fraction of sp³-hybridized carbons (Fsp3) is 0.571. The predicted molar refractivity (Wildman–Crippen MR) is 88.7 cm³/mol. The topological polar surface area (TPSA) is 58.2 Å². The molecule has 0 amide bonds. The van der Waals surface area contributed by atoms with Crippen LogP contribution in [0.3, 0.4) is 0 Å². The van der Waals surface area contributed by atoms with Crippen LogP contribution in [0.25, 0.3) is 0 Å². The summed E-state index contributed by atoms with van der Waals surface area (Å²) in [5.41, 5.74) is 0.00645. The van der Waals surface area contributed by atoms with Gasteiger partial charge in [-0.3, -0.25) is 0 Å². The Morgan fingerprint density at radius 3 is 2.77 bits per heavy atom. The van der Waals surface area contributed by atoms with Crippen molar-refractivity contribution in [1.29, 1.82) is 0 Å². The number of hydrogen-bond donors (Lipinski definition) is 2. The van der Waals surface area contributed by atoms with Gasteiger partial charge in [-0.25, -0.2) is 17.5 Å². The van der Waals surface area contributed by atoms with E-state index in [-0.39, 0.29) is 40.3 Å². The van der Waals surface area contributed by atoms with Crippen molar-refractivity contribution < 1.29 is 12.8 Å². The van der Waals surface area contributed by atoms with Crippen LogP contribution in [-0.2, 0) is 10.0 Å². The molecule has 1 saturated heterocycles. The number of nitrogens with one attached hydrogen (secondary N) is 2. The van der Waals surface area contributed by atoms with Crippen LogP contribution in [0.5, 0.6) is 0 Å². The number of sulfonamides is 1. The molecular formula is C14H21Cl2FN2O2S. The molecule has 4 nitrogen and oxygen atoms in total. The zero-order valence-electron chi connectivity index (χ0n) is 12.5. The monoisotopic (exact) mass is 370 g/mol. The van der Waals surface area contributed by atoms with Crippen LogP contribution in [0, 0.1) is 11.2 Å². The first kappa shape index (κ1) is 19.6. The minimum Gasteiger partial charge on any atom is -0.312 e. The van der Waals surface area contributed by atoms with Crippen LogP contribution in [0.2, 0.25) is 5.02 Å². The Morgan fingerprint density at radius 1 is 1.45 bits per heavy atom. The summed E-state index contributed by atoms with van der Waals surface area (Å²) in [6.07, 6.45) is 2.11. The highest BCUT2D eigenvalue weighted by Crippen LogP contribution is 2.30. The molecule has 1 aromatic rings. The molecule has 8 heteroatoms. The Bertz CT molecular complexity index is 623. The zero-order valence-corrected chi connectivity index (χ0v) is 14.9. The fourth-order valence-electron chi connectivity index (χ4n) is 2.57. The molecule has 0 bridgehead atoms. The highest BCUT2D eigenvalue weighted by Gasteiger charge is 2.33. The van der Waals surface area contributed by atoms with Crippen LogP contribution >= 0.6 is 24.0 Å². The van der Waals surface area contributed by atoms with E-state index in [0.717, 1.165) is 31.5 Å². The summed E-state index contributed by atoms with van der Waals surface area (Å²) in [7, 11) is -3.82. The summed E-state index contributed by atoms with van der Waals surface area (Å²) < 4.78 is 40.3. The Kier molecular flexibility index (Phi) is 6.65. The van der Waals surface area contributed by atoms with E-state index in [1.54, 1.807) is 0 Å². The summed E-state index contributed by atoms with van der Waals surface area (Å²) in [6.45, 7) is 5.33. The average Bonchev–Trinajstić information content (AvgIpc) is 2.39. The predicted octanol–water partition coefficient (Wildman–Crippen LogP) is 2.96. The highest BCUT2D eigenvalue weighted by atomic mass is 35.5. The van der Waals surface area contributed by atoms with Gasteiger partial charge in [0.25, 0.3) is 0 Å². The molecule has 22 heavy (non-hydrogen) atoms.